The molecule has 0 bridgehead atoms. The molecule has 1 aliphatic heterocycles. The van der Waals surface area contributed by atoms with Crippen LogP contribution in [0.1, 0.15) is 40.9 Å². The molecule has 28 heavy (non-hydrogen) atoms. The van der Waals surface area contributed by atoms with Gasteiger partial charge in [-0.05, 0) is 50.3 Å². The smallest absolute Gasteiger partial charge is 0.317 e. The Labute approximate surface area is 165 Å². The molecule has 148 valence electrons. The van der Waals surface area contributed by atoms with Crippen LogP contribution in [-0.4, -0.2) is 53.5 Å². The monoisotopic (exact) mass is 381 g/mol. The lowest BCUT2D eigenvalue weighted by molar-refractivity contribution is 0.0730. The Bertz CT molecular complexity index is 842. The molecule has 6 nitrogen and oxygen atoms in total. The molecule has 2 heterocycles. The highest BCUT2D eigenvalue weighted by atomic mass is 16.3. The van der Waals surface area contributed by atoms with Gasteiger partial charge in [0.25, 0.3) is 5.91 Å². The van der Waals surface area contributed by atoms with E-state index in [9.17, 15) is 9.59 Å². The van der Waals surface area contributed by atoms with Gasteiger partial charge in [0.05, 0.1) is 6.26 Å². The molecule has 1 aromatic heterocycles. The Balaban J connectivity index is 1.33. The zero-order valence-electron chi connectivity index (χ0n) is 16.3. The fourth-order valence-corrected chi connectivity index (χ4v) is 3.90. The predicted molar refractivity (Wildman–Crippen MR) is 106 cm³/mol. The molecule has 2 aliphatic rings. The number of urea groups is 1. The van der Waals surface area contributed by atoms with Gasteiger partial charge >= 0.3 is 6.03 Å². The van der Waals surface area contributed by atoms with E-state index >= 15 is 0 Å². The van der Waals surface area contributed by atoms with Gasteiger partial charge in [0.15, 0.2) is 5.76 Å². The van der Waals surface area contributed by atoms with Crippen molar-refractivity contribution >= 4 is 11.9 Å². The molecule has 1 aliphatic carbocycles. The molecule has 3 amide bonds. The minimum absolute atomic E-state index is 0.0162. The van der Waals surface area contributed by atoms with Gasteiger partial charge in [-0.1, -0.05) is 29.8 Å². The van der Waals surface area contributed by atoms with E-state index in [2.05, 4.69) is 36.5 Å². The fraction of sp³-hybridized carbons (Fsp3) is 0.455. The largest absolute Gasteiger partial charge is 0.459 e. The van der Waals surface area contributed by atoms with Crippen molar-refractivity contribution in [3.63, 3.8) is 0 Å². The summed E-state index contributed by atoms with van der Waals surface area (Å²) >= 11 is 0. The highest BCUT2D eigenvalue weighted by Gasteiger charge is 2.44. The van der Waals surface area contributed by atoms with Crippen molar-refractivity contribution in [2.75, 3.05) is 26.2 Å². The molecule has 0 atom stereocenters. The molecule has 1 saturated carbocycles. The molecule has 0 radical (unpaired) electrons. The summed E-state index contributed by atoms with van der Waals surface area (Å²) in [5.41, 5.74) is 2.40. The molecule has 4 rings (SSSR count). The van der Waals surface area contributed by atoms with E-state index in [1.807, 2.05) is 4.90 Å². The van der Waals surface area contributed by atoms with Crippen LogP contribution in [0.3, 0.4) is 0 Å². The number of rotatable bonds is 4. The van der Waals surface area contributed by atoms with E-state index in [4.69, 9.17) is 4.42 Å². The number of carbonyl (C=O) groups is 2. The number of hydrogen-bond donors (Lipinski definition) is 1. The van der Waals surface area contributed by atoms with Gasteiger partial charge in [-0.2, -0.15) is 0 Å². The number of aryl methyl sites for hydroxylation is 1. The number of furan rings is 1. The van der Waals surface area contributed by atoms with E-state index in [0.717, 1.165) is 25.7 Å². The van der Waals surface area contributed by atoms with Gasteiger partial charge in [-0.15, -0.1) is 0 Å². The first-order valence-electron chi connectivity index (χ1n) is 10.0. The zero-order chi connectivity index (χ0) is 19.6. The van der Waals surface area contributed by atoms with Crippen molar-refractivity contribution in [3.05, 3.63) is 59.5 Å². The van der Waals surface area contributed by atoms with E-state index in [1.54, 1.807) is 17.0 Å². The fourth-order valence-electron chi connectivity index (χ4n) is 3.90. The third-order valence-corrected chi connectivity index (χ3v) is 5.65. The Morgan fingerprint density at radius 1 is 1.07 bits per heavy atom. The van der Waals surface area contributed by atoms with Crippen LogP contribution in [0.25, 0.3) is 0 Å². The number of nitrogens with one attached hydrogen (secondary N) is 1. The lowest BCUT2D eigenvalue weighted by Crippen LogP contribution is -2.48. The standard InChI is InChI=1S/C22H27N3O3/c1-17-5-2-6-18(15-17)16-22(8-9-22)23-21(27)25-11-4-10-24(12-13-25)20(26)19-7-3-14-28-19/h2-3,5-7,14-15H,4,8-13,16H2,1H3,(H,23,27). The third-order valence-electron chi connectivity index (χ3n) is 5.65. The van der Waals surface area contributed by atoms with Gasteiger partial charge in [-0.3, -0.25) is 4.79 Å². The van der Waals surface area contributed by atoms with Crippen LogP contribution in [0.4, 0.5) is 4.79 Å². The molecule has 0 unspecified atom stereocenters. The second-order valence-corrected chi connectivity index (χ2v) is 7.99. The molecule has 1 aromatic carbocycles. The third kappa shape index (κ3) is 4.21. The van der Waals surface area contributed by atoms with E-state index < -0.39 is 0 Å². The van der Waals surface area contributed by atoms with Crippen LogP contribution in [0.2, 0.25) is 0 Å². The molecule has 0 spiro atoms. The van der Waals surface area contributed by atoms with Gasteiger partial charge < -0.3 is 19.5 Å². The Hall–Kier alpha value is -2.76. The quantitative estimate of drug-likeness (QED) is 0.884. The Morgan fingerprint density at radius 3 is 2.57 bits per heavy atom. The van der Waals surface area contributed by atoms with Crippen molar-refractivity contribution in [1.82, 2.24) is 15.1 Å². The molecular weight excluding hydrogens is 354 g/mol. The predicted octanol–water partition coefficient (Wildman–Crippen LogP) is 3.22. The van der Waals surface area contributed by atoms with Crippen LogP contribution >= 0.6 is 0 Å². The number of hydrogen-bond acceptors (Lipinski definition) is 3. The zero-order valence-corrected chi connectivity index (χ0v) is 16.3. The molecule has 1 saturated heterocycles. The van der Waals surface area contributed by atoms with Crippen molar-refractivity contribution in [3.8, 4) is 0 Å². The first-order chi connectivity index (χ1) is 13.5. The average molecular weight is 381 g/mol. The van der Waals surface area contributed by atoms with Gasteiger partial charge in [-0.25, -0.2) is 4.79 Å². The number of amides is 3. The van der Waals surface area contributed by atoms with Crippen LogP contribution in [0.15, 0.2) is 47.1 Å². The maximum absolute atomic E-state index is 12.9. The number of carbonyl (C=O) groups excluding carboxylic acids is 2. The summed E-state index contributed by atoms with van der Waals surface area (Å²) in [6.07, 6.45) is 5.18. The van der Waals surface area contributed by atoms with E-state index in [-0.39, 0.29) is 17.5 Å². The van der Waals surface area contributed by atoms with Crippen LogP contribution in [-0.2, 0) is 6.42 Å². The SMILES string of the molecule is Cc1cccc(CC2(NC(=O)N3CCCN(C(=O)c4ccco4)CC3)CC2)c1. The number of benzene rings is 1. The molecule has 2 fully saturated rings. The number of nitrogens with zero attached hydrogens (tertiary/aromatic N) is 2. The molecular formula is C22H27N3O3. The van der Waals surface area contributed by atoms with Crippen LogP contribution < -0.4 is 5.32 Å². The highest BCUT2D eigenvalue weighted by molar-refractivity contribution is 5.91. The summed E-state index contributed by atoms with van der Waals surface area (Å²) in [7, 11) is 0. The second kappa shape index (κ2) is 7.70. The average Bonchev–Trinajstić information content (AvgIpc) is 3.27. The topological polar surface area (TPSA) is 65.8 Å². The lowest BCUT2D eigenvalue weighted by Gasteiger charge is -2.26. The maximum atomic E-state index is 12.9. The summed E-state index contributed by atoms with van der Waals surface area (Å²) in [6.45, 7) is 4.46. The first kappa shape index (κ1) is 18.6. The van der Waals surface area contributed by atoms with Gasteiger partial charge in [0.1, 0.15) is 0 Å². The first-order valence-corrected chi connectivity index (χ1v) is 10.0. The molecule has 2 aromatic rings. The minimum atomic E-state index is -0.110. The van der Waals surface area contributed by atoms with Gasteiger partial charge in [0.2, 0.25) is 0 Å². The summed E-state index contributed by atoms with van der Waals surface area (Å²) in [5.74, 6) is 0.248. The molecule has 1 N–H and O–H groups in total. The maximum Gasteiger partial charge on any atom is 0.317 e. The minimum Gasteiger partial charge on any atom is -0.459 e. The Morgan fingerprint density at radius 2 is 1.86 bits per heavy atom. The van der Waals surface area contributed by atoms with Crippen molar-refractivity contribution in [1.29, 1.82) is 0 Å². The van der Waals surface area contributed by atoms with Gasteiger partial charge in [0, 0.05) is 31.7 Å². The molecule has 6 heteroatoms. The summed E-state index contributed by atoms with van der Waals surface area (Å²) in [6, 6.07) is 11.9. The lowest BCUT2D eigenvalue weighted by atomic mass is 10.0. The van der Waals surface area contributed by atoms with E-state index in [0.29, 0.717) is 31.9 Å². The second-order valence-electron chi connectivity index (χ2n) is 7.99. The van der Waals surface area contributed by atoms with Crippen LogP contribution in [0.5, 0.6) is 0 Å². The normalized spacial score (nSPS) is 18.5. The summed E-state index contributed by atoms with van der Waals surface area (Å²) in [5, 5.41) is 3.27. The summed E-state index contributed by atoms with van der Waals surface area (Å²) in [4.78, 5) is 28.9. The summed E-state index contributed by atoms with van der Waals surface area (Å²) < 4.78 is 5.22. The highest BCUT2D eigenvalue weighted by Crippen LogP contribution is 2.39. The van der Waals surface area contributed by atoms with E-state index in [1.165, 1.54) is 17.4 Å². The van der Waals surface area contributed by atoms with Crippen LogP contribution in [0, 0.1) is 6.92 Å². The van der Waals surface area contributed by atoms with Crippen molar-refractivity contribution in [2.45, 2.75) is 38.1 Å². The van der Waals surface area contributed by atoms with Crippen molar-refractivity contribution < 1.29 is 14.0 Å². The van der Waals surface area contributed by atoms with Crippen molar-refractivity contribution in [2.24, 2.45) is 0 Å². The Kier molecular flexibility index (Phi) is 5.11.